The summed E-state index contributed by atoms with van der Waals surface area (Å²) < 4.78 is 7.35. The summed E-state index contributed by atoms with van der Waals surface area (Å²) in [7, 11) is 0. The molecule has 1 atom stereocenters. The van der Waals surface area contributed by atoms with Crippen LogP contribution in [0.4, 0.5) is 0 Å². The lowest BCUT2D eigenvalue weighted by Crippen LogP contribution is -2.43. The third-order valence-electron chi connectivity index (χ3n) is 5.06. The normalized spacial score (nSPS) is 14.4. The van der Waals surface area contributed by atoms with Gasteiger partial charge in [0.05, 0.1) is 11.6 Å². The quantitative estimate of drug-likeness (QED) is 0.712. The summed E-state index contributed by atoms with van der Waals surface area (Å²) in [5.74, 6) is -1.14. The molecule has 1 aromatic carbocycles. The Morgan fingerprint density at radius 3 is 2.46 bits per heavy atom. The van der Waals surface area contributed by atoms with Crippen molar-refractivity contribution in [3.63, 3.8) is 0 Å². The molecule has 3 rings (SSSR count). The zero-order valence-electron chi connectivity index (χ0n) is 16.5. The standard InChI is InChI=1S/C22H26N2O4/c1-14-11-19(15(2)24(14)18-9-10-18)22(27)28-13-21(26)23-20(16(3)25)12-17-7-5-4-6-8-17/h4-8,11,18,20H,9-10,12-13H2,1-3H3,(H,23,26)/t20-/m1/s1. The fourth-order valence-corrected chi connectivity index (χ4v) is 3.47. The molecule has 2 aromatic rings. The fraction of sp³-hybridized carbons (Fsp3) is 0.409. The van der Waals surface area contributed by atoms with Crippen molar-refractivity contribution in [3.05, 3.63) is 58.9 Å². The Hall–Kier alpha value is -2.89. The van der Waals surface area contributed by atoms with Crippen LogP contribution < -0.4 is 5.32 Å². The SMILES string of the molecule is CC(=O)[C@@H](Cc1ccccc1)NC(=O)COC(=O)c1cc(C)n(C2CC2)c1C. The number of nitrogens with one attached hydrogen (secondary N) is 1. The van der Waals surface area contributed by atoms with Gasteiger partial charge in [-0.25, -0.2) is 4.79 Å². The molecule has 0 unspecified atom stereocenters. The van der Waals surface area contributed by atoms with Crippen LogP contribution in [0.3, 0.4) is 0 Å². The fourth-order valence-electron chi connectivity index (χ4n) is 3.47. The van der Waals surface area contributed by atoms with Gasteiger partial charge in [-0.05, 0) is 51.7 Å². The van der Waals surface area contributed by atoms with Crippen LogP contribution in [0.15, 0.2) is 36.4 Å². The topological polar surface area (TPSA) is 77.4 Å². The number of esters is 1. The molecule has 1 heterocycles. The van der Waals surface area contributed by atoms with Gasteiger partial charge in [0.25, 0.3) is 5.91 Å². The molecule has 28 heavy (non-hydrogen) atoms. The second kappa shape index (κ2) is 8.42. The highest BCUT2D eigenvalue weighted by molar-refractivity contribution is 5.93. The van der Waals surface area contributed by atoms with E-state index in [1.165, 1.54) is 6.92 Å². The molecule has 1 aliphatic rings. The molecule has 6 nitrogen and oxygen atoms in total. The van der Waals surface area contributed by atoms with Gasteiger partial charge in [-0.15, -0.1) is 0 Å². The van der Waals surface area contributed by atoms with E-state index in [0.29, 0.717) is 18.0 Å². The third kappa shape index (κ3) is 4.68. The van der Waals surface area contributed by atoms with E-state index >= 15 is 0 Å². The molecule has 0 radical (unpaired) electrons. The lowest BCUT2D eigenvalue weighted by atomic mass is 10.0. The van der Waals surface area contributed by atoms with Crippen molar-refractivity contribution in [1.29, 1.82) is 0 Å². The number of ketones is 1. The van der Waals surface area contributed by atoms with Gasteiger partial charge in [-0.1, -0.05) is 30.3 Å². The van der Waals surface area contributed by atoms with Crippen molar-refractivity contribution < 1.29 is 19.1 Å². The third-order valence-corrected chi connectivity index (χ3v) is 5.06. The highest BCUT2D eigenvalue weighted by Crippen LogP contribution is 2.38. The number of aryl methyl sites for hydroxylation is 1. The Bertz CT molecular complexity index is 881. The maximum absolute atomic E-state index is 12.4. The van der Waals surface area contributed by atoms with E-state index in [-0.39, 0.29) is 5.78 Å². The summed E-state index contributed by atoms with van der Waals surface area (Å²) in [5, 5.41) is 2.66. The number of benzene rings is 1. The summed E-state index contributed by atoms with van der Waals surface area (Å²) in [6.45, 7) is 4.89. The summed E-state index contributed by atoms with van der Waals surface area (Å²) in [6, 6.07) is 11.1. The highest BCUT2D eigenvalue weighted by atomic mass is 16.5. The van der Waals surface area contributed by atoms with Gasteiger partial charge in [0.2, 0.25) is 0 Å². The number of aromatic nitrogens is 1. The lowest BCUT2D eigenvalue weighted by molar-refractivity contribution is -0.128. The van der Waals surface area contributed by atoms with Crippen molar-refractivity contribution in [2.24, 2.45) is 0 Å². The lowest BCUT2D eigenvalue weighted by Gasteiger charge is -2.16. The van der Waals surface area contributed by atoms with E-state index in [9.17, 15) is 14.4 Å². The Morgan fingerprint density at radius 1 is 1.18 bits per heavy atom. The van der Waals surface area contributed by atoms with Crippen LogP contribution in [-0.4, -0.2) is 34.9 Å². The molecule has 1 fully saturated rings. The number of Topliss-reactive ketones (excluding diaryl/α,β-unsaturated/α-hetero) is 1. The van der Waals surface area contributed by atoms with Crippen LogP contribution in [0.25, 0.3) is 0 Å². The molecule has 0 bridgehead atoms. The molecule has 6 heteroatoms. The number of amides is 1. The predicted octanol–water partition coefficient (Wildman–Crippen LogP) is 2.91. The zero-order valence-corrected chi connectivity index (χ0v) is 16.5. The number of hydrogen-bond acceptors (Lipinski definition) is 4. The van der Waals surface area contributed by atoms with Gasteiger partial charge >= 0.3 is 5.97 Å². The largest absolute Gasteiger partial charge is 0.452 e. The van der Waals surface area contributed by atoms with Crippen molar-refractivity contribution in [3.8, 4) is 0 Å². The summed E-state index contributed by atoms with van der Waals surface area (Å²) >= 11 is 0. The first-order valence-electron chi connectivity index (χ1n) is 9.56. The van der Waals surface area contributed by atoms with E-state index in [1.807, 2.05) is 50.2 Å². The second-order valence-electron chi connectivity index (χ2n) is 7.38. The Kier molecular flexibility index (Phi) is 5.97. The van der Waals surface area contributed by atoms with Gasteiger partial charge in [0, 0.05) is 17.4 Å². The molecule has 0 spiro atoms. The maximum Gasteiger partial charge on any atom is 0.340 e. The number of ether oxygens (including phenoxy) is 1. The first-order valence-corrected chi connectivity index (χ1v) is 9.56. The summed E-state index contributed by atoms with van der Waals surface area (Å²) in [4.78, 5) is 36.5. The number of carbonyl (C=O) groups excluding carboxylic acids is 3. The second-order valence-corrected chi connectivity index (χ2v) is 7.38. The molecule has 0 saturated heterocycles. The first kappa shape index (κ1) is 19.9. The number of rotatable bonds is 8. The maximum atomic E-state index is 12.4. The van der Waals surface area contributed by atoms with Crippen LogP contribution in [-0.2, 0) is 20.7 Å². The molecule has 1 aliphatic carbocycles. The number of hydrogen-bond donors (Lipinski definition) is 1. The molecule has 1 amide bonds. The average molecular weight is 382 g/mol. The first-order chi connectivity index (χ1) is 13.4. The average Bonchev–Trinajstić information content (AvgIpc) is 3.44. The minimum Gasteiger partial charge on any atom is -0.452 e. The van der Waals surface area contributed by atoms with Gasteiger partial charge in [0.15, 0.2) is 12.4 Å². The molecule has 0 aliphatic heterocycles. The van der Waals surface area contributed by atoms with Crippen molar-refractivity contribution in [2.75, 3.05) is 6.61 Å². The molecule has 1 aromatic heterocycles. The van der Waals surface area contributed by atoms with E-state index in [4.69, 9.17) is 4.74 Å². The van der Waals surface area contributed by atoms with Crippen LogP contribution in [0.1, 0.15) is 53.1 Å². The monoisotopic (exact) mass is 382 g/mol. The summed E-state index contributed by atoms with van der Waals surface area (Å²) in [6.07, 6.45) is 2.65. The molecular weight excluding hydrogens is 356 g/mol. The van der Waals surface area contributed by atoms with E-state index in [2.05, 4.69) is 9.88 Å². The highest BCUT2D eigenvalue weighted by Gasteiger charge is 2.29. The van der Waals surface area contributed by atoms with Gasteiger partial charge in [-0.2, -0.15) is 0 Å². The van der Waals surface area contributed by atoms with Crippen LogP contribution in [0.2, 0.25) is 0 Å². The van der Waals surface area contributed by atoms with Gasteiger partial charge in [0.1, 0.15) is 0 Å². The Balaban J connectivity index is 1.56. The Morgan fingerprint density at radius 2 is 1.86 bits per heavy atom. The van der Waals surface area contributed by atoms with E-state index in [0.717, 1.165) is 29.8 Å². The van der Waals surface area contributed by atoms with Crippen LogP contribution in [0.5, 0.6) is 0 Å². The van der Waals surface area contributed by atoms with E-state index in [1.54, 1.807) is 0 Å². The van der Waals surface area contributed by atoms with Crippen LogP contribution >= 0.6 is 0 Å². The summed E-state index contributed by atoms with van der Waals surface area (Å²) in [5.41, 5.74) is 3.34. The Labute approximate surface area is 164 Å². The molecular formula is C22H26N2O4. The van der Waals surface area contributed by atoms with Crippen molar-refractivity contribution in [1.82, 2.24) is 9.88 Å². The smallest absolute Gasteiger partial charge is 0.340 e. The van der Waals surface area contributed by atoms with Gasteiger partial charge in [-0.3, -0.25) is 9.59 Å². The van der Waals surface area contributed by atoms with Crippen molar-refractivity contribution in [2.45, 2.75) is 52.1 Å². The molecule has 1 N–H and O–H groups in total. The minimum atomic E-state index is -0.645. The zero-order chi connectivity index (χ0) is 20.3. The van der Waals surface area contributed by atoms with E-state index < -0.39 is 24.5 Å². The number of carbonyl (C=O) groups is 3. The molecule has 148 valence electrons. The van der Waals surface area contributed by atoms with Crippen molar-refractivity contribution >= 4 is 17.7 Å². The van der Waals surface area contributed by atoms with Crippen LogP contribution in [0, 0.1) is 13.8 Å². The number of nitrogens with zero attached hydrogens (tertiary/aromatic N) is 1. The molecule has 1 saturated carbocycles. The minimum absolute atomic E-state index is 0.142. The van der Waals surface area contributed by atoms with Gasteiger partial charge < -0.3 is 14.6 Å². The predicted molar refractivity (Wildman–Crippen MR) is 105 cm³/mol.